The SMILES string of the molecule is CC1=C(C#N)CN(O)C(C)=C1Br. The zero-order valence-electron chi connectivity index (χ0n) is 6.93. The van der Waals surface area contributed by atoms with E-state index in [0.29, 0.717) is 5.57 Å². The molecule has 1 aliphatic heterocycles. The van der Waals surface area contributed by atoms with Crippen molar-refractivity contribution < 1.29 is 5.21 Å². The highest BCUT2D eigenvalue weighted by molar-refractivity contribution is 9.12. The van der Waals surface area contributed by atoms with Gasteiger partial charge < -0.3 is 0 Å². The van der Waals surface area contributed by atoms with Crippen LogP contribution in [0, 0.1) is 11.3 Å². The molecule has 64 valence electrons. The third-order valence-electron chi connectivity index (χ3n) is 1.93. The number of halogens is 1. The van der Waals surface area contributed by atoms with Crippen LogP contribution in [0.1, 0.15) is 13.8 Å². The Balaban J connectivity index is 3.17. The van der Waals surface area contributed by atoms with Crippen molar-refractivity contribution >= 4 is 15.9 Å². The lowest BCUT2D eigenvalue weighted by Crippen LogP contribution is -2.24. The summed E-state index contributed by atoms with van der Waals surface area (Å²) < 4.78 is 0.799. The minimum atomic E-state index is 0.281. The molecule has 0 spiro atoms. The van der Waals surface area contributed by atoms with Crippen LogP contribution in [0.5, 0.6) is 0 Å². The van der Waals surface area contributed by atoms with Crippen molar-refractivity contribution in [3.05, 3.63) is 21.3 Å². The largest absolute Gasteiger partial charge is 0.288 e. The van der Waals surface area contributed by atoms with Gasteiger partial charge in [0, 0.05) is 4.48 Å². The van der Waals surface area contributed by atoms with Gasteiger partial charge in [-0.25, -0.2) is 0 Å². The van der Waals surface area contributed by atoms with Gasteiger partial charge in [-0.1, -0.05) is 0 Å². The van der Waals surface area contributed by atoms with E-state index in [0.717, 1.165) is 20.8 Å². The lowest BCUT2D eigenvalue weighted by atomic mass is 10.1. The van der Waals surface area contributed by atoms with Crippen LogP contribution >= 0.6 is 15.9 Å². The van der Waals surface area contributed by atoms with E-state index in [2.05, 4.69) is 15.9 Å². The lowest BCUT2D eigenvalue weighted by molar-refractivity contribution is -0.0473. The average Bonchev–Trinajstić information content (AvgIpc) is 2.08. The van der Waals surface area contributed by atoms with E-state index < -0.39 is 0 Å². The Kier molecular flexibility index (Phi) is 2.55. The molecule has 0 radical (unpaired) electrons. The van der Waals surface area contributed by atoms with E-state index in [-0.39, 0.29) is 6.54 Å². The third-order valence-corrected chi connectivity index (χ3v) is 3.10. The standard InChI is InChI=1S/C8H9BrN2O/c1-5-7(3-10)4-11(12)6(2)8(5)9/h12H,4H2,1-2H3. The summed E-state index contributed by atoms with van der Waals surface area (Å²) in [5.41, 5.74) is 2.24. The maximum atomic E-state index is 9.33. The van der Waals surface area contributed by atoms with Gasteiger partial charge in [0.2, 0.25) is 0 Å². The Hall–Kier alpha value is -0.790. The topological polar surface area (TPSA) is 47.3 Å². The Morgan fingerprint density at radius 2 is 2.17 bits per heavy atom. The monoisotopic (exact) mass is 228 g/mol. The number of rotatable bonds is 0. The summed E-state index contributed by atoms with van der Waals surface area (Å²) in [7, 11) is 0. The predicted octanol–water partition coefficient (Wildman–Crippen LogP) is 2.16. The van der Waals surface area contributed by atoms with Crippen molar-refractivity contribution in [2.75, 3.05) is 6.54 Å². The van der Waals surface area contributed by atoms with Crippen molar-refractivity contribution in [1.29, 1.82) is 5.26 Å². The molecule has 0 aromatic heterocycles. The molecule has 0 aliphatic carbocycles. The molecule has 0 saturated heterocycles. The van der Waals surface area contributed by atoms with Gasteiger partial charge in [-0.15, -0.1) is 0 Å². The van der Waals surface area contributed by atoms with Crippen molar-refractivity contribution in [1.82, 2.24) is 5.06 Å². The van der Waals surface area contributed by atoms with Gasteiger partial charge in [0.25, 0.3) is 0 Å². The van der Waals surface area contributed by atoms with Gasteiger partial charge in [-0.3, -0.25) is 10.3 Å². The van der Waals surface area contributed by atoms with Gasteiger partial charge in [0.05, 0.1) is 23.9 Å². The number of nitrogens with zero attached hydrogens (tertiary/aromatic N) is 2. The van der Waals surface area contributed by atoms with Crippen LogP contribution in [0.3, 0.4) is 0 Å². The van der Waals surface area contributed by atoms with Gasteiger partial charge in [0.15, 0.2) is 0 Å². The van der Waals surface area contributed by atoms with Crippen molar-refractivity contribution in [3.63, 3.8) is 0 Å². The second kappa shape index (κ2) is 3.30. The molecule has 1 heterocycles. The molecule has 0 aromatic carbocycles. The molecule has 0 atom stereocenters. The zero-order valence-corrected chi connectivity index (χ0v) is 8.51. The molecular formula is C8H9BrN2O. The van der Waals surface area contributed by atoms with Crippen LogP contribution in [0.2, 0.25) is 0 Å². The summed E-state index contributed by atoms with van der Waals surface area (Å²) in [6.45, 7) is 3.93. The van der Waals surface area contributed by atoms with E-state index in [1.54, 1.807) is 6.92 Å². The Bertz CT molecular complexity index is 312. The van der Waals surface area contributed by atoms with E-state index in [1.807, 2.05) is 13.0 Å². The average molecular weight is 229 g/mol. The van der Waals surface area contributed by atoms with E-state index >= 15 is 0 Å². The normalized spacial score (nSPS) is 18.4. The van der Waals surface area contributed by atoms with Crippen LogP contribution in [-0.2, 0) is 0 Å². The summed E-state index contributed by atoms with van der Waals surface area (Å²) in [5.74, 6) is 0. The molecule has 1 N–H and O–H groups in total. The molecule has 0 saturated carbocycles. The second-order valence-electron chi connectivity index (χ2n) is 2.67. The number of allylic oxidation sites excluding steroid dienone is 3. The predicted molar refractivity (Wildman–Crippen MR) is 48.4 cm³/mol. The molecular weight excluding hydrogens is 220 g/mol. The maximum absolute atomic E-state index is 9.33. The molecule has 3 nitrogen and oxygen atoms in total. The minimum Gasteiger partial charge on any atom is -0.288 e. The zero-order chi connectivity index (χ0) is 9.30. The van der Waals surface area contributed by atoms with Crippen LogP contribution in [0.4, 0.5) is 0 Å². The third kappa shape index (κ3) is 1.38. The highest BCUT2D eigenvalue weighted by Gasteiger charge is 2.19. The molecule has 12 heavy (non-hydrogen) atoms. The van der Waals surface area contributed by atoms with E-state index in [1.165, 1.54) is 0 Å². The smallest absolute Gasteiger partial charge is 0.0970 e. The van der Waals surface area contributed by atoms with Gasteiger partial charge >= 0.3 is 0 Å². The van der Waals surface area contributed by atoms with Crippen LogP contribution in [-0.4, -0.2) is 16.8 Å². The first kappa shape index (κ1) is 9.30. The van der Waals surface area contributed by atoms with Crippen LogP contribution in [0.25, 0.3) is 0 Å². The maximum Gasteiger partial charge on any atom is 0.0970 e. The first-order chi connectivity index (χ1) is 5.57. The molecule has 0 aromatic rings. The highest BCUT2D eigenvalue weighted by Crippen LogP contribution is 2.29. The first-order valence-corrected chi connectivity index (χ1v) is 4.30. The lowest BCUT2D eigenvalue weighted by Gasteiger charge is -2.24. The fraction of sp³-hybridized carbons (Fsp3) is 0.375. The van der Waals surface area contributed by atoms with Crippen LogP contribution < -0.4 is 0 Å². The molecule has 1 aliphatic rings. The quantitative estimate of drug-likeness (QED) is 0.692. The summed E-state index contributed by atoms with van der Waals surface area (Å²) >= 11 is 3.31. The fourth-order valence-electron chi connectivity index (χ4n) is 1.02. The second-order valence-corrected chi connectivity index (χ2v) is 3.47. The molecule has 0 fully saturated rings. The van der Waals surface area contributed by atoms with Crippen molar-refractivity contribution in [2.45, 2.75) is 13.8 Å². The van der Waals surface area contributed by atoms with E-state index in [4.69, 9.17) is 5.26 Å². The number of hydroxylamine groups is 2. The number of nitriles is 1. The minimum absolute atomic E-state index is 0.281. The number of hydrogen-bond donors (Lipinski definition) is 1. The van der Waals surface area contributed by atoms with Gasteiger partial charge in [0.1, 0.15) is 0 Å². The van der Waals surface area contributed by atoms with Crippen molar-refractivity contribution in [2.24, 2.45) is 0 Å². The molecule has 0 bridgehead atoms. The summed E-state index contributed by atoms with van der Waals surface area (Å²) in [6.07, 6.45) is 0. The number of hydrogen-bond acceptors (Lipinski definition) is 3. The summed E-state index contributed by atoms with van der Waals surface area (Å²) in [6, 6.07) is 2.05. The molecule has 0 amide bonds. The fourth-order valence-corrected chi connectivity index (χ4v) is 1.47. The van der Waals surface area contributed by atoms with E-state index in [9.17, 15) is 5.21 Å². The highest BCUT2D eigenvalue weighted by atomic mass is 79.9. The van der Waals surface area contributed by atoms with Gasteiger partial charge in [-0.05, 0) is 35.4 Å². The Morgan fingerprint density at radius 1 is 1.58 bits per heavy atom. The Morgan fingerprint density at radius 3 is 2.67 bits per heavy atom. The van der Waals surface area contributed by atoms with Crippen molar-refractivity contribution in [3.8, 4) is 6.07 Å². The molecule has 1 rings (SSSR count). The summed E-state index contributed by atoms with van der Waals surface area (Å²) in [5, 5.41) is 19.1. The molecule has 0 unspecified atom stereocenters. The Labute approximate surface area is 79.7 Å². The summed E-state index contributed by atoms with van der Waals surface area (Å²) in [4.78, 5) is 0. The van der Waals surface area contributed by atoms with Crippen LogP contribution in [0.15, 0.2) is 21.3 Å². The molecule has 4 heteroatoms. The van der Waals surface area contributed by atoms with Gasteiger partial charge in [-0.2, -0.15) is 5.26 Å². The first-order valence-electron chi connectivity index (χ1n) is 3.51.